The van der Waals surface area contributed by atoms with Crippen molar-refractivity contribution in [3.63, 3.8) is 0 Å². The second-order valence-electron chi connectivity index (χ2n) is 4.89. The molecule has 0 fully saturated rings. The van der Waals surface area contributed by atoms with Crippen molar-refractivity contribution in [2.24, 2.45) is 0 Å². The molecule has 7 heteroatoms. The minimum atomic E-state index is -0.220. The number of hydrogen-bond acceptors (Lipinski definition) is 5. The van der Waals surface area contributed by atoms with Gasteiger partial charge < -0.3 is 25.8 Å². The molecular formula is C16H25N3O4. The van der Waals surface area contributed by atoms with Gasteiger partial charge in [-0.1, -0.05) is 6.92 Å². The summed E-state index contributed by atoms with van der Waals surface area (Å²) in [4.78, 5) is 23.3. The lowest BCUT2D eigenvalue weighted by molar-refractivity contribution is -0.126. The fraction of sp³-hybridized carbons (Fsp3) is 0.500. The number of carbonyl (C=O) groups excluding carboxylic acids is 2. The van der Waals surface area contributed by atoms with Gasteiger partial charge in [0.05, 0.1) is 13.2 Å². The summed E-state index contributed by atoms with van der Waals surface area (Å²) >= 11 is 0. The number of carbonyl (C=O) groups is 2. The molecule has 0 saturated heterocycles. The molecule has 0 atom stereocenters. The summed E-state index contributed by atoms with van der Waals surface area (Å²) in [5, 5.41) is 5.37. The van der Waals surface area contributed by atoms with Gasteiger partial charge in [0, 0.05) is 30.9 Å². The van der Waals surface area contributed by atoms with E-state index in [1.165, 1.54) is 0 Å². The lowest BCUT2D eigenvalue weighted by Gasteiger charge is -2.08. The van der Waals surface area contributed by atoms with E-state index in [9.17, 15) is 9.59 Å². The van der Waals surface area contributed by atoms with Crippen LogP contribution >= 0.6 is 0 Å². The molecule has 0 aliphatic rings. The molecule has 128 valence electrons. The van der Waals surface area contributed by atoms with Gasteiger partial charge in [0.25, 0.3) is 5.91 Å². The molecule has 1 aromatic rings. The first-order chi connectivity index (χ1) is 11.1. The van der Waals surface area contributed by atoms with E-state index in [4.69, 9.17) is 15.2 Å². The van der Waals surface area contributed by atoms with Crippen molar-refractivity contribution in [1.29, 1.82) is 0 Å². The largest absolute Gasteiger partial charge is 0.399 e. The molecule has 0 radical (unpaired) electrons. The summed E-state index contributed by atoms with van der Waals surface area (Å²) in [6, 6.07) is 6.63. The van der Waals surface area contributed by atoms with Crippen LogP contribution in [0.15, 0.2) is 24.3 Å². The molecule has 0 aliphatic heterocycles. The van der Waals surface area contributed by atoms with E-state index in [0.717, 1.165) is 6.42 Å². The highest BCUT2D eigenvalue weighted by atomic mass is 16.5. The topological polar surface area (TPSA) is 103 Å². The Balaban J connectivity index is 2.04. The predicted molar refractivity (Wildman–Crippen MR) is 88.1 cm³/mol. The summed E-state index contributed by atoms with van der Waals surface area (Å²) in [5.41, 5.74) is 6.69. The number of ether oxygens (including phenoxy) is 2. The molecule has 1 aromatic carbocycles. The first kappa shape index (κ1) is 18.9. The Bertz CT molecular complexity index is 477. The Morgan fingerprint density at radius 1 is 1.00 bits per heavy atom. The van der Waals surface area contributed by atoms with Crippen LogP contribution in [0.1, 0.15) is 23.7 Å². The number of nitrogen functional groups attached to an aromatic ring is 1. The Kier molecular flexibility index (Phi) is 9.42. The maximum Gasteiger partial charge on any atom is 0.251 e. The zero-order valence-corrected chi connectivity index (χ0v) is 13.5. The minimum absolute atomic E-state index is 0.0125. The number of anilines is 1. The quantitative estimate of drug-likeness (QED) is 0.408. The normalized spacial score (nSPS) is 10.3. The van der Waals surface area contributed by atoms with E-state index in [2.05, 4.69) is 10.6 Å². The Morgan fingerprint density at radius 2 is 1.65 bits per heavy atom. The highest BCUT2D eigenvalue weighted by Crippen LogP contribution is 2.04. The van der Waals surface area contributed by atoms with Crippen LogP contribution in [0.4, 0.5) is 5.69 Å². The maximum atomic E-state index is 11.8. The van der Waals surface area contributed by atoms with Crippen LogP contribution in [0, 0.1) is 0 Å². The van der Waals surface area contributed by atoms with Crippen molar-refractivity contribution >= 4 is 17.5 Å². The minimum Gasteiger partial charge on any atom is -0.399 e. The van der Waals surface area contributed by atoms with Crippen molar-refractivity contribution < 1.29 is 19.1 Å². The van der Waals surface area contributed by atoms with Gasteiger partial charge in [-0.25, -0.2) is 0 Å². The predicted octanol–water partition coefficient (Wildman–Crippen LogP) is 0.558. The van der Waals surface area contributed by atoms with Gasteiger partial charge >= 0.3 is 0 Å². The van der Waals surface area contributed by atoms with Gasteiger partial charge in [-0.2, -0.15) is 0 Å². The van der Waals surface area contributed by atoms with Crippen LogP contribution in [-0.4, -0.2) is 51.3 Å². The van der Waals surface area contributed by atoms with Gasteiger partial charge in [0.15, 0.2) is 0 Å². The van der Waals surface area contributed by atoms with Gasteiger partial charge in [-0.05, 0) is 30.7 Å². The monoisotopic (exact) mass is 323 g/mol. The summed E-state index contributed by atoms with van der Waals surface area (Å²) in [6.45, 7) is 4.27. The van der Waals surface area contributed by atoms with Crippen LogP contribution in [0.3, 0.4) is 0 Å². The Labute approximate surface area is 136 Å². The summed E-state index contributed by atoms with van der Waals surface area (Å²) in [6.07, 6.45) is 0.961. The lowest BCUT2D eigenvalue weighted by Crippen LogP contribution is -2.36. The molecule has 2 amide bonds. The van der Waals surface area contributed by atoms with Gasteiger partial charge in [-0.15, -0.1) is 0 Å². The fourth-order valence-corrected chi connectivity index (χ4v) is 1.69. The lowest BCUT2D eigenvalue weighted by atomic mass is 10.2. The SMILES string of the molecule is CCCOCCOCC(=O)NCCNC(=O)c1ccc(N)cc1. The zero-order valence-electron chi connectivity index (χ0n) is 13.5. The highest BCUT2D eigenvalue weighted by molar-refractivity contribution is 5.94. The number of nitrogens with one attached hydrogen (secondary N) is 2. The number of nitrogens with two attached hydrogens (primary N) is 1. The number of rotatable bonds is 11. The Morgan fingerprint density at radius 3 is 2.35 bits per heavy atom. The average molecular weight is 323 g/mol. The van der Waals surface area contributed by atoms with Crippen molar-refractivity contribution in [1.82, 2.24) is 10.6 Å². The number of amides is 2. The summed E-state index contributed by atoms with van der Waals surface area (Å²) < 4.78 is 10.4. The second kappa shape index (κ2) is 11.4. The molecule has 0 heterocycles. The zero-order chi connectivity index (χ0) is 16.9. The van der Waals surface area contributed by atoms with Crippen molar-refractivity contribution in [2.45, 2.75) is 13.3 Å². The molecule has 7 nitrogen and oxygen atoms in total. The van der Waals surface area contributed by atoms with E-state index in [1.807, 2.05) is 6.92 Å². The summed E-state index contributed by atoms with van der Waals surface area (Å²) in [5.74, 6) is -0.425. The smallest absolute Gasteiger partial charge is 0.251 e. The van der Waals surface area contributed by atoms with E-state index in [-0.39, 0.29) is 18.4 Å². The molecule has 4 N–H and O–H groups in total. The van der Waals surface area contributed by atoms with Crippen LogP contribution in [0.2, 0.25) is 0 Å². The first-order valence-corrected chi connectivity index (χ1v) is 7.69. The van der Waals surface area contributed by atoms with E-state index in [1.54, 1.807) is 24.3 Å². The molecule has 0 unspecified atom stereocenters. The van der Waals surface area contributed by atoms with E-state index >= 15 is 0 Å². The first-order valence-electron chi connectivity index (χ1n) is 7.69. The fourth-order valence-electron chi connectivity index (χ4n) is 1.69. The second-order valence-corrected chi connectivity index (χ2v) is 4.89. The van der Waals surface area contributed by atoms with Crippen LogP contribution in [0.25, 0.3) is 0 Å². The van der Waals surface area contributed by atoms with Crippen LogP contribution < -0.4 is 16.4 Å². The Hall–Kier alpha value is -2.12. The third-order valence-electron chi connectivity index (χ3n) is 2.86. The summed E-state index contributed by atoms with van der Waals surface area (Å²) in [7, 11) is 0. The molecule has 0 aromatic heterocycles. The van der Waals surface area contributed by atoms with Crippen molar-refractivity contribution in [3.05, 3.63) is 29.8 Å². The molecule has 23 heavy (non-hydrogen) atoms. The van der Waals surface area contributed by atoms with Crippen LogP contribution in [0.5, 0.6) is 0 Å². The van der Waals surface area contributed by atoms with Crippen LogP contribution in [-0.2, 0) is 14.3 Å². The number of benzene rings is 1. The molecule has 1 rings (SSSR count). The molecule has 0 saturated carbocycles. The standard InChI is InChI=1S/C16H25N3O4/c1-2-9-22-10-11-23-12-15(20)18-7-8-19-16(21)13-3-5-14(17)6-4-13/h3-6H,2,7-12,17H2,1H3,(H,18,20)(H,19,21). The highest BCUT2D eigenvalue weighted by Gasteiger charge is 2.05. The third kappa shape index (κ3) is 8.80. The van der Waals surface area contributed by atoms with Gasteiger partial charge in [0.1, 0.15) is 6.61 Å². The van der Waals surface area contributed by atoms with Crippen molar-refractivity contribution in [2.75, 3.05) is 45.3 Å². The average Bonchev–Trinajstić information content (AvgIpc) is 2.55. The van der Waals surface area contributed by atoms with Crippen molar-refractivity contribution in [3.8, 4) is 0 Å². The number of hydrogen-bond donors (Lipinski definition) is 3. The third-order valence-corrected chi connectivity index (χ3v) is 2.86. The van der Waals surface area contributed by atoms with E-state index in [0.29, 0.717) is 44.2 Å². The van der Waals surface area contributed by atoms with Gasteiger partial charge in [0.2, 0.25) is 5.91 Å². The molecule has 0 spiro atoms. The van der Waals surface area contributed by atoms with E-state index < -0.39 is 0 Å². The molecule has 0 aliphatic carbocycles. The van der Waals surface area contributed by atoms with Gasteiger partial charge in [-0.3, -0.25) is 9.59 Å². The molecular weight excluding hydrogens is 298 g/mol. The maximum absolute atomic E-state index is 11.8. The molecule has 0 bridgehead atoms.